The van der Waals surface area contributed by atoms with E-state index >= 15 is 0 Å². The Hall–Kier alpha value is -3.95. The second kappa shape index (κ2) is 10.8. The van der Waals surface area contributed by atoms with Crippen molar-refractivity contribution in [2.24, 2.45) is 0 Å². The summed E-state index contributed by atoms with van der Waals surface area (Å²) in [4.78, 5) is 52.9. The highest BCUT2D eigenvalue weighted by Gasteiger charge is 2.29. The molecule has 0 aliphatic carbocycles. The molecule has 1 heterocycles. The summed E-state index contributed by atoms with van der Waals surface area (Å²) in [7, 11) is 3.36. The number of ether oxygens (including phenoxy) is 1. The van der Waals surface area contributed by atoms with Gasteiger partial charge >= 0.3 is 6.09 Å². The highest BCUT2D eigenvalue weighted by molar-refractivity contribution is 6.15. The normalized spacial score (nSPS) is 14.2. The number of hydrogen-bond donors (Lipinski definition) is 1. The minimum absolute atomic E-state index is 0.123. The maximum absolute atomic E-state index is 13.3. The number of carbonyl (C=O) groups excluding carboxylic acids is 3. The van der Waals surface area contributed by atoms with Crippen LogP contribution in [0.25, 0.3) is 0 Å². The largest absolute Gasteiger partial charge is 0.444 e. The van der Waals surface area contributed by atoms with Gasteiger partial charge in [-0.15, -0.1) is 0 Å². The van der Waals surface area contributed by atoms with Crippen molar-refractivity contribution in [3.63, 3.8) is 0 Å². The molecule has 0 bridgehead atoms. The number of nitro benzene ring substituents is 1. The molecule has 0 unspecified atom stereocenters. The number of piperidine rings is 1. The Morgan fingerprint density at radius 2 is 1.67 bits per heavy atom. The molecule has 2 amide bonds. The fourth-order valence-corrected chi connectivity index (χ4v) is 4.02. The summed E-state index contributed by atoms with van der Waals surface area (Å²) in [5.74, 6) is -0.886. The van der Waals surface area contributed by atoms with Crippen molar-refractivity contribution in [3.05, 3.63) is 69.3 Å². The van der Waals surface area contributed by atoms with E-state index in [1.54, 1.807) is 42.1 Å². The molecule has 2 aromatic rings. The van der Waals surface area contributed by atoms with Crippen LogP contribution in [0, 0.1) is 10.1 Å². The average Bonchev–Trinajstić information content (AvgIpc) is 2.82. The van der Waals surface area contributed by atoms with Crippen LogP contribution < -0.4 is 10.2 Å². The molecule has 10 heteroatoms. The molecule has 1 N–H and O–H groups in total. The summed E-state index contributed by atoms with van der Waals surface area (Å²) in [6, 6.07) is 10.5. The van der Waals surface area contributed by atoms with Crippen LogP contribution in [0.2, 0.25) is 0 Å². The monoisotopic (exact) mass is 496 g/mol. The average molecular weight is 497 g/mol. The first-order chi connectivity index (χ1) is 16.9. The number of benzene rings is 2. The Labute approximate surface area is 210 Å². The molecule has 10 nitrogen and oxygen atoms in total. The van der Waals surface area contributed by atoms with Gasteiger partial charge in [0.05, 0.1) is 10.5 Å². The van der Waals surface area contributed by atoms with E-state index in [4.69, 9.17) is 4.74 Å². The summed E-state index contributed by atoms with van der Waals surface area (Å²) in [5, 5.41) is 14.5. The number of hydrogen-bond acceptors (Lipinski definition) is 7. The molecule has 1 aliphatic rings. The summed E-state index contributed by atoms with van der Waals surface area (Å²) in [6.45, 7) is 6.33. The van der Waals surface area contributed by atoms with Crippen LogP contribution in [-0.2, 0) is 4.74 Å². The number of carbonyl (C=O) groups is 3. The molecule has 0 atom stereocenters. The molecule has 3 rings (SSSR count). The first-order valence-electron chi connectivity index (χ1n) is 11.8. The van der Waals surface area contributed by atoms with E-state index in [2.05, 4.69) is 5.32 Å². The molecular formula is C26H32N4O6. The second-order valence-electron chi connectivity index (χ2n) is 9.94. The second-order valence-corrected chi connectivity index (χ2v) is 9.94. The van der Waals surface area contributed by atoms with E-state index in [1.807, 2.05) is 20.8 Å². The smallest absolute Gasteiger partial charge is 0.410 e. The third-order valence-electron chi connectivity index (χ3n) is 5.81. The number of nitrogens with zero attached hydrogens (tertiary/aromatic N) is 3. The van der Waals surface area contributed by atoms with E-state index < -0.39 is 22.2 Å². The van der Waals surface area contributed by atoms with E-state index in [-0.39, 0.29) is 34.5 Å². The Kier molecular flexibility index (Phi) is 7.96. The lowest BCUT2D eigenvalue weighted by atomic mass is 9.96. The Balaban J connectivity index is 1.73. The van der Waals surface area contributed by atoms with Crippen molar-refractivity contribution in [1.82, 2.24) is 10.2 Å². The van der Waals surface area contributed by atoms with Gasteiger partial charge in [-0.2, -0.15) is 0 Å². The molecule has 1 aliphatic heterocycles. The lowest BCUT2D eigenvalue weighted by Crippen LogP contribution is -2.48. The van der Waals surface area contributed by atoms with Crippen molar-refractivity contribution in [2.75, 3.05) is 32.1 Å². The zero-order chi connectivity index (χ0) is 26.6. The van der Waals surface area contributed by atoms with Gasteiger partial charge in [-0.1, -0.05) is 18.2 Å². The van der Waals surface area contributed by atoms with E-state index in [0.717, 1.165) is 0 Å². The first kappa shape index (κ1) is 26.7. The molecule has 0 aromatic heterocycles. The highest BCUT2D eigenvalue weighted by atomic mass is 16.6. The van der Waals surface area contributed by atoms with Gasteiger partial charge in [0.1, 0.15) is 11.3 Å². The number of nitrogens with one attached hydrogen (secondary N) is 1. The number of rotatable bonds is 6. The van der Waals surface area contributed by atoms with Crippen LogP contribution in [0.4, 0.5) is 16.2 Å². The molecule has 0 spiro atoms. The minimum Gasteiger partial charge on any atom is -0.444 e. The quantitative estimate of drug-likeness (QED) is 0.364. The summed E-state index contributed by atoms with van der Waals surface area (Å²) < 4.78 is 5.41. The summed E-state index contributed by atoms with van der Waals surface area (Å²) >= 11 is 0. The van der Waals surface area contributed by atoms with Gasteiger partial charge in [-0.3, -0.25) is 19.7 Å². The lowest BCUT2D eigenvalue weighted by molar-refractivity contribution is -0.384. The van der Waals surface area contributed by atoms with Crippen LogP contribution >= 0.6 is 0 Å². The number of likely N-dealkylation sites (tertiary alicyclic amines) is 1. The summed E-state index contributed by atoms with van der Waals surface area (Å²) in [6.07, 6.45) is 0.732. The molecule has 2 aromatic carbocycles. The van der Waals surface area contributed by atoms with Gasteiger partial charge in [0, 0.05) is 50.4 Å². The number of ketones is 1. The van der Waals surface area contributed by atoms with E-state index in [9.17, 15) is 24.5 Å². The van der Waals surface area contributed by atoms with Gasteiger partial charge in [-0.25, -0.2) is 4.79 Å². The third kappa shape index (κ3) is 6.38. The van der Waals surface area contributed by atoms with Gasteiger partial charge in [0.15, 0.2) is 5.78 Å². The maximum Gasteiger partial charge on any atom is 0.410 e. The molecule has 1 saturated heterocycles. The van der Waals surface area contributed by atoms with Crippen molar-refractivity contribution in [1.29, 1.82) is 0 Å². The molecule has 36 heavy (non-hydrogen) atoms. The summed E-state index contributed by atoms with van der Waals surface area (Å²) in [5.41, 5.74) is 0.0820. The fourth-order valence-electron chi connectivity index (χ4n) is 4.02. The minimum atomic E-state index is -0.578. The predicted octanol–water partition coefficient (Wildman–Crippen LogP) is 4.02. The maximum atomic E-state index is 13.3. The molecular weight excluding hydrogens is 464 g/mol. The highest BCUT2D eigenvalue weighted by Crippen LogP contribution is 2.29. The zero-order valence-corrected chi connectivity index (χ0v) is 21.2. The van der Waals surface area contributed by atoms with Crippen LogP contribution in [0.3, 0.4) is 0 Å². The fraction of sp³-hybridized carbons (Fsp3) is 0.423. The topological polar surface area (TPSA) is 122 Å². The van der Waals surface area contributed by atoms with Crippen LogP contribution in [0.15, 0.2) is 42.5 Å². The lowest BCUT2D eigenvalue weighted by Gasteiger charge is -2.33. The third-order valence-corrected chi connectivity index (χ3v) is 5.81. The van der Waals surface area contributed by atoms with Gasteiger partial charge in [-0.05, 0) is 51.8 Å². The van der Waals surface area contributed by atoms with Crippen LogP contribution in [-0.4, -0.2) is 66.4 Å². The van der Waals surface area contributed by atoms with Crippen LogP contribution in [0.1, 0.15) is 59.9 Å². The van der Waals surface area contributed by atoms with Crippen molar-refractivity contribution in [3.8, 4) is 0 Å². The Bertz CT molecular complexity index is 1160. The molecule has 0 saturated carbocycles. The van der Waals surface area contributed by atoms with Crippen molar-refractivity contribution >= 4 is 29.2 Å². The van der Waals surface area contributed by atoms with Crippen LogP contribution in [0.5, 0.6) is 0 Å². The van der Waals surface area contributed by atoms with E-state index in [0.29, 0.717) is 31.6 Å². The van der Waals surface area contributed by atoms with Gasteiger partial charge < -0.3 is 19.9 Å². The molecule has 0 radical (unpaired) electrons. The first-order valence-corrected chi connectivity index (χ1v) is 11.8. The Morgan fingerprint density at radius 3 is 2.22 bits per heavy atom. The van der Waals surface area contributed by atoms with Crippen molar-refractivity contribution in [2.45, 2.75) is 45.3 Å². The van der Waals surface area contributed by atoms with Crippen molar-refractivity contribution < 1.29 is 24.0 Å². The Morgan fingerprint density at radius 1 is 1.06 bits per heavy atom. The predicted molar refractivity (Wildman–Crippen MR) is 136 cm³/mol. The zero-order valence-electron chi connectivity index (χ0n) is 21.2. The number of anilines is 1. The molecule has 192 valence electrons. The number of amides is 2. The SMILES string of the molecule is CN(C)c1ccc(C(=O)c2ccccc2C(=O)NC2CCN(C(=O)OC(C)(C)C)CC2)cc1[N+](=O)[O-]. The van der Waals surface area contributed by atoms with E-state index in [1.165, 1.54) is 24.3 Å². The number of nitro groups is 1. The van der Waals surface area contributed by atoms with Gasteiger partial charge in [0.2, 0.25) is 0 Å². The van der Waals surface area contributed by atoms with Gasteiger partial charge in [0.25, 0.3) is 11.6 Å². The standard InChI is InChI=1S/C26H32N4O6/c1-26(2,3)36-25(33)29-14-12-18(13-15-29)27-24(32)20-9-7-6-8-19(20)23(31)17-10-11-21(28(4)5)22(16-17)30(34)35/h6-11,16,18H,12-15H2,1-5H3,(H,27,32). The molecule has 1 fully saturated rings.